The normalized spacial score (nSPS) is 10.2. The van der Waals surface area contributed by atoms with E-state index in [4.69, 9.17) is 0 Å². The third-order valence-corrected chi connectivity index (χ3v) is 3.17. The number of carbonyl (C=O) groups is 1. The third kappa shape index (κ3) is 4.48. The number of nitrogens with one attached hydrogen (secondary N) is 1. The molecule has 0 bridgehead atoms. The number of halogens is 1. The fraction of sp³-hybridized carbons (Fsp3) is 0.200. The van der Waals surface area contributed by atoms with Gasteiger partial charge in [0.1, 0.15) is 0 Å². The van der Waals surface area contributed by atoms with Crippen molar-refractivity contribution in [3.8, 4) is 0 Å². The molecule has 0 aliphatic carbocycles. The third-order valence-electron chi connectivity index (χ3n) is 2.70. The van der Waals surface area contributed by atoms with Crippen LogP contribution in [0.3, 0.4) is 0 Å². The van der Waals surface area contributed by atoms with Crippen molar-refractivity contribution in [2.75, 3.05) is 0 Å². The number of hydrogen-bond acceptors (Lipinski definition) is 2. The van der Waals surface area contributed by atoms with Crippen molar-refractivity contribution in [3.05, 3.63) is 63.9 Å². The van der Waals surface area contributed by atoms with Gasteiger partial charge in [0.25, 0.3) is 0 Å². The highest BCUT2D eigenvalue weighted by Crippen LogP contribution is 2.08. The van der Waals surface area contributed by atoms with E-state index >= 15 is 0 Å². The number of amides is 1. The molecule has 98 valence electrons. The standard InChI is InChI=1S/C15H15BrN2O/c1-11-3-2-4-12(7-11)9-18-15(19)8-14-6-5-13(16)10-17-14/h2-7,10H,8-9H2,1H3,(H,18,19). The Morgan fingerprint density at radius 2 is 2.16 bits per heavy atom. The van der Waals surface area contributed by atoms with Crippen LogP contribution in [0.4, 0.5) is 0 Å². The van der Waals surface area contributed by atoms with E-state index in [2.05, 4.69) is 32.3 Å². The Bertz CT molecular complexity index is 567. The van der Waals surface area contributed by atoms with Gasteiger partial charge in [0.2, 0.25) is 5.91 Å². The SMILES string of the molecule is Cc1cccc(CNC(=O)Cc2ccc(Br)cn2)c1. The molecule has 0 unspecified atom stereocenters. The Kier molecular flexibility index (Phi) is 4.68. The van der Waals surface area contributed by atoms with E-state index in [-0.39, 0.29) is 5.91 Å². The van der Waals surface area contributed by atoms with Crippen LogP contribution in [-0.4, -0.2) is 10.9 Å². The van der Waals surface area contributed by atoms with Crippen LogP contribution in [0.1, 0.15) is 16.8 Å². The summed E-state index contributed by atoms with van der Waals surface area (Å²) in [7, 11) is 0. The van der Waals surface area contributed by atoms with Gasteiger partial charge in [-0.1, -0.05) is 29.8 Å². The molecule has 1 aromatic carbocycles. The Morgan fingerprint density at radius 1 is 1.32 bits per heavy atom. The van der Waals surface area contributed by atoms with Crippen LogP contribution in [0, 0.1) is 6.92 Å². The van der Waals surface area contributed by atoms with Crippen LogP contribution < -0.4 is 5.32 Å². The Hall–Kier alpha value is -1.68. The number of rotatable bonds is 4. The molecular weight excluding hydrogens is 304 g/mol. The number of pyridine rings is 1. The van der Waals surface area contributed by atoms with E-state index in [0.29, 0.717) is 13.0 Å². The lowest BCUT2D eigenvalue weighted by Crippen LogP contribution is -2.24. The summed E-state index contributed by atoms with van der Waals surface area (Å²) in [5.74, 6) is -0.0173. The van der Waals surface area contributed by atoms with Crippen molar-refractivity contribution in [2.24, 2.45) is 0 Å². The van der Waals surface area contributed by atoms with Gasteiger partial charge in [0, 0.05) is 22.9 Å². The van der Waals surface area contributed by atoms with Gasteiger partial charge in [-0.15, -0.1) is 0 Å². The van der Waals surface area contributed by atoms with E-state index in [1.807, 2.05) is 37.3 Å². The van der Waals surface area contributed by atoms with Crippen LogP contribution in [0.2, 0.25) is 0 Å². The molecule has 0 radical (unpaired) electrons. The van der Waals surface area contributed by atoms with Crippen LogP contribution >= 0.6 is 15.9 Å². The van der Waals surface area contributed by atoms with Gasteiger partial charge in [0.05, 0.1) is 6.42 Å². The largest absolute Gasteiger partial charge is 0.352 e. The summed E-state index contributed by atoms with van der Waals surface area (Å²) in [6, 6.07) is 11.8. The quantitative estimate of drug-likeness (QED) is 0.941. The molecular formula is C15H15BrN2O. The highest BCUT2D eigenvalue weighted by Gasteiger charge is 2.04. The first kappa shape index (κ1) is 13.7. The highest BCUT2D eigenvalue weighted by atomic mass is 79.9. The summed E-state index contributed by atoms with van der Waals surface area (Å²) < 4.78 is 0.913. The summed E-state index contributed by atoms with van der Waals surface area (Å²) in [4.78, 5) is 16.0. The van der Waals surface area contributed by atoms with Gasteiger partial charge in [-0.05, 0) is 40.5 Å². The van der Waals surface area contributed by atoms with Crippen LogP contribution in [0.15, 0.2) is 47.1 Å². The predicted molar refractivity (Wildman–Crippen MR) is 78.7 cm³/mol. The molecule has 1 heterocycles. The average Bonchev–Trinajstić information content (AvgIpc) is 2.39. The van der Waals surface area contributed by atoms with Gasteiger partial charge >= 0.3 is 0 Å². The maximum absolute atomic E-state index is 11.8. The number of benzene rings is 1. The van der Waals surface area contributed by atoms with Crippen molar-refractivity contribution < 1.29 is 4.79 Å². The lowest BCUT2D eigenvalue weighted by molar-refractivity contribution is -0.120. The number of nitrogens with zero attached hydrogens (tertiary/aromatic N) is 1. The molecule has 1 aromatic heterocycles. The zero-order valence-electron chi connectivity index (χ0n) is 10.7. The monoisotopic (exact) mass is 318 g/mol. The van der Waals surface area contributed by atoms with Gasteiger partial charge < -0.3 is 5.32 Å². The van der Waals surface area contributed by atoms with Gasteiger partial charge in [-0.25, -0.2) is 0 Å². The van der Waals surface area contributed by atoms with Crippen molar-refractivity contribution in [1.82, 2.24) is 10.3 Å². The molecule has 0 fully saturated rings. The Morgan fingerprint density at radius 3 is 2.84 bits per heavy atom. The molecule has 0 atom stereocenters. The first-order valence-corrected chi connectivity index (χ1v) is 6.85. The van der Waals surface area contributed by atoms with Gasteiger partial charge in [-0.3, -0.25) is 9.78 Å². The van der Waals surface area contributed by atoms with E-state index in [1.165, 1.54) is 5.56 Å². The summed E-state index contributed by atoms with van der Waals surface area (Å²) in [6.45, 7) is 2.59. The number of carbonyl (C=O) groups excluding carboxylic acids is 1. The minimum Gasteiger partial charge on any atom is -0.352 e. The molecule has 0 spiro atoms. The molecule has 2 rings (SSSR count). The minimum atomic E-state index is -0.0173. The summed E-state index contributed by atoms with van der Waals surface area (Å²) in [5, 5.41) is 2.90. The van der Waals surface area contributed by atoms with Crippen molar-refractivity contribution >= 4 is 21.8 Å². The lowest BCUT2D eigenvalue weighted by atomic mass is 10.1. The van der Waals surface area contributed by atoms with Crippen LogP contribution in [0.25, 0.3) is 0 Å². The Labute approximate surface area is 121 Å². The van der Waals surface area contributed by atoms with Crippen molar-refractivity contribution in [1.29, 1.82) is 0 Å². The zero-order valence-corrected chi connectivity index (χ0v) is 12.3. The predicted octanol–water partition coefficient (Wildman–Crippen LogP) is 3.01. The molecule has 0 saturated carbocycles. The van der Waals surface area contributed by atoms with Crippen molar-refractivity contribution in [2.45, 2.75) is 19.9 Å². The van der Waals surface area contributed by atoms with Crippen LogP contribution in [-0.2, 0) is 17.8 Å². The topological polar surface area (TPSA) is 42.0 Å². The van der Waals surface area contributed by atoms with E-state index in [0.717, 1.165) is 15.7 Å². The molecule has 0 aliphatic rings. The highest BCUT2D eigenvalue weighted by molar-refractivity contribution is 9.10. The fourth-order valence-corrected chi connectivity index (χ4v) is 2.00. The first-order valence-electron chi connectivity index (χ1n) is 6.06. The zero-order chi connectivity index (χ0) is 13.7. The van der Waals surface area contributed by atoms with E-state index in [9.17, 15) is 4.79 Å². The van der Waals surface area contributed by atoms with Gasteiger partial charge in [0.15, 0.2) is 0 Å². The maximum Gasteiger partial charge on any atom is 0.226 e. The Balaban J connectivity index is 1.86. The van der Waals surface area contributed by atoms with Crippen LogP contribution in [0.5, 0.6) is 0 Å². The number of hydrogen-bond donors (Lipinski definition) is 1. The minimum absolute atomic E-state index is 0.0173. The maximum atomic E-state index is 11.8. The second-order valence-electron chi connectivity index (χ2n) is 4.41. The molecule has 4 heteroatoms. The molecule has 1 amide bonds. The lowest BCUT2D eigenvalue weighted by Gasteiger charge is -2.06. The van der Waals surface area contributed by atoms with E-state index in [1.54, 1.807) is 6.20 Å². The second kappa shape index (κ2) is 6.48. The van der Waals surface area contributed by atoms with Gasteiger partial charge in [-0.2, -0.15) is 0 Å². The summed E-state index contributed by atoms with van der Waals surface area (Å²) >= 11 is 3.32. The second-order valence-corrected chi connectivity index (χ2v) is 5.33. The number of aromatic nitrogens is 1. The summed E-state index contributed by atoms with van der Waals surface area (Å²) in [6.07, 6.45) is 2.00. The molecule has 19 heavy (non-hydrogen) atoms. The smallest absolute Gasteiger partial charge is 0.226 e. The average molecular weight is 319 g/mol. The summed E-state index contributed by atoms with van der Waals surface area (Å²) in [5.41, 5.74) is 3.07. The molecule has 2 aromatic rings. The number of aryl methyl sites for hydroxylation is 1. The fourth-order valence-electron chi connectivity index (χ4n) is 1.76. The molecule has 0 saturated heterocycles. The molecule has 1 N–H and O–H groups in total. The molecule has 3 nitrogen and oxygen atoms in total. The molecule has 0 aliphatic heterocycles. The first-order chi connectivity index (χ1) is 9.13. The van der Waals surface area contributed by atoms with Crippen molar-refractivity contribution in [3.63, 3.8) is 0 Å². The van der Waals surface area contributed by atoms with E-state index < -0.39 is 0 Å².